The maximum absolute atomic E-state index is 13.0. The molecule has 0 atom stereocenters. The SMILES string of the molecule is Cn1ncc2c(C(=O)Nc3ncnc4c3cnn4C)cc(C3CC3)nc21. The van der Waals surface area contributed by atoms with Gasteiger partial charge in [0, 0.05) is 25.7 Å². The van der Waals surface area contributed by atoms with Gasteiger partial charge in [-0.1, -0.05) is 0 Å². The summed E-state index contributed by atoms with van der Waals surface area (Å²) in [4.78, 5) is 26.1. The first-order valence-corrected chi connectivity index (χ1v) is 8.38. The van der Waals surface area contributed by atoms with Crippen molar-refractivity contribution in [1.29, 1.82) is 0 Å². The van der Waals surface area contributed by atoms with E-state index in [1.165, 1.54) is 6.33 Å². The summed E-state index contributed by atoms with van der Waals surface area (Å²) in [6, 6.07) is 1.87. The third kappa shape index (κ3) is 2.24. The van der Waals surface area contributed by atoms with Gasteiger partial charge in [-0.05, 0) is 18.9 Å². The summed E-state index contributed by atoms with van der Waals surface area (Å²) < 4.78 is 3.34. The minimum Gasteiger partial charge on any atom is -0.306 e. The lowest BCUT2D eigenvalue weighted by atomic mass is 10.1. The van der Waals surface area contributed by atoms with Crippen LogP contribution in [-0.4, -0.2) is 40.4 Å². The molecule has 4 aromatic rings. The van der Waals surface area contributed by atoms with Gasteiger partial charge in [-0.3, -0.25) is 14.2 Å². The Bertz CT molecular complexity index is 1170. The number of nitrogens with one attached hydrogen (secondary N) is 1. The molecular weight excluding hydrogens is 332 g/mol. The fourth-order valence-electron chi connectivity index (χ4n) is 3.15. The van der Waals surface area contributed by atoms with Crippen molar-refractivity contribution in [3.63, 3.8) is 0 Å². The van der Waals surface area contributed by atoms with E-state index in [0.29, 0.717) is 34.0 Å². The summed E-state index contributed by atoms with van der Waals surface area (Å²) in [5.74, 6) is 0.635. The molecule has 130 valence electrons. The number of amides is 1. The van der Waals surface area contributed by atoms with E-state index in [1.807, 2.05) is 13.1 Å². The van der Waals surface area contributed by atoms with Gasteiger partial charge in [0.05, 0.1) is 28.7 Å². The first-order valence-electron chi connectivity index (χ1n) is 8.38. The lowest BCUT2D eigenvalue weighted by Crippen LogP contribution is -2.15. The highest BCUT2D eigenvalue weighted by molar-refractivity contribution is 6.13. The number of pyridine rings is 1. The van der Waals surface area contributed by atoms with Crippen LogP contribution < -0.4 is 5.32 Å². The zero-order chi connectivity index (χ0) is 17.8. The molecule has 0 spiro atoms. The van der Waals surface area contributed by atoms with Crippen LogP contribution >= 0.6 is 0 Å². The zero-order valence-corrected chi connectivity index (χ0v) is 14.3. The van der Waals surface area contributed by atoms with E-state index >= 15 is 0 Å². The minimum absolute atomic E-state index is 0.240. The van der Waals surface area contributed by atoms with Crippen LogP contribution in [0, 0.1) is 0 Å². The number of carbonyl (C=O) groups excluding carboxylic acids is 1. The molecule has 1 aliphatic rings. The molecule has 4 aromatic heterocycles. The molecule has 9 heteroatoms. The Labute approximate surface area is 148 Å². The maximum atomic E-state index is 13.0. The van der Waals surface area contributed by atoms with Crippen molar-refractivity contribution in [3.05, 3.63) is 36.0 Å². The summed E-state index contributed by atoms with van der Waals surface area (Å²) in [5, 5.41) is 12.7. The number of carbonyl (C=O) groups is 1. The van der Waals surface area contributed by atoms with Crippen LogP contribution in [0.4, 0.5) is 5.82 Å². The van der Waals surface area contributed by atoms with E-state index in [2.05, 4.69) is 30.5 Å². The Balaban J connectivity index is 1.59. The highest BCUT2D eigenvalue weighted by Crippen LogP contribution is 2.40. The number of hydrogen-bond donors (Lipinski definition) is 1. The van der Waals surface area contributed by atoms with Gasteiger partial charge in [-0.15, -0.1) is 0 Å². The lowest BCUT2D eigenvalue weighted by Gasteiger charge is -2.08. The fraction of sp³-hybridized carbons (Fsp3) is 0.294. The number of aromatic nitrogens is 7. The molecule has 1 fully saturated rings. The largest absolute Gasteiger partial charge is 0.306 e. The van der Waals surface area contributed by atoms with Crippen molar-refractivity contribution in [2.45, 2.75) is 18.8 Å². The molecule has 0 bridgehead atoms. The number of anilines is 1. The average molecular weight is 348 g/mol. The van der Waals surface area contributed by atoms with Crippen LogP contribution in [0.1, 0.15) is 34.8 Å². The standard InChI is InChI=1S/C17H16N8O/c1-24-15-12(7-21-24)14(18-8-19-15)23-17(26)10-5-13(9-3-4-9)22-16-11(10)6-20-25(16)2/h5-9H,3-4H2,1-2H3,(H,18,19,23,26). The predicted octanol–water partition coefficient (Wildman–Crippen LogP) is 1.77. The normalized spacial score (nSPS) is 14.2. The molecule has 0 aromatic carbocycles. The molecule has 5 rings (SSSR count). The molecule has 1 saturated carbocycles. The van der Waals surface area contributed by atoms with Crippen LogP contribution in [0.3, 0.4) is 0 Å². The Hall–Kier alpha value is -3.36. The van der Waals surface area contributed by atoms with Crippen LogP contribution in [0.25, 0.3) is 22.1 Å². The van der Waals surface area contributed by atoms with Gasteiger partial charge in [0.1, 0.15) is 12.1 Å². The molecule has 0 saturated heterocycles. The van der Waals surface area contributed by atoms with E-state index in [1.54, 1.807) is 28.8 Å². The van der Waals surface area contributed by atoms with E-state index in [4.69, 9.17) is 0 Å². The van der Waals surface area contributed by atoms with Gasteiger partial charge in [0.15, 0.2) is 11.3 Å². The van der Waals surface area contributed by atoms with Gasteiger partial charge < -0.3 is 5.32 Å². The second kappa shape index (κ2) is 5.32. The Kier molecular flexibility index (Phi) is 3.05. The quantitative estimate of drug-likeness (QED) is 0.605. The van der Waals surface area contributed by atoms with Crippen LogP contribution in [0.5, 0.6) is 0 Å². The summed E-state index contributed by atoms with van der Waals surface area (Å²) in [6.07, 6.45) is 6.96. The molecular formula is C17H16N8O. The molecule has 9 nitrogen and oxygen atoms in total. The topological polar surface area (TPSA) is 103 Å². The molecule has 1 aliphatic carbocycles. The van der Waals surface area contributed by atoms with Gasteiger partial charge in [0.2, 0.25) is 0 Å². The third-order valence-corrected chi connectivity index (χ3v) is 4.73. The first-order chi connectivity index (χ1) is 12.6. The van der Waals surface area contributed by atoms with E-state index in [9.17, 15) is 4.79 Å². The van der Waals surface area contributed by atoms with Crippen LogP contribution in [0.15, 0.2) is 24.8 Å². The van der Waals surface area contributed by atoms with Gasteiger partial charge in [-0.2, -0.15) is 10.2 Å². The highest BCUT2D eigenvalue weighted by Gasteiger charge is 2.28. The summed E-state index contributed by atoms with van der Waals surface area (Å²) >= 11 is 0. The maximum Gasteiger partial charge on any atom is 0.257 e. The Morgan fingerprint density at radius 1 is 1.08 bits per heavy atom. The summed E-state index contributed by atoms with van der Waals surface area (Å²) in [7, 11) is 3.63. The van der Waals surface area contributed by atoms with Gasteiger partial charge >= 0.3 is 0 Å². The van der Waals surface area contributed by atoms with Crippen molar-refractivity contribution in [2.24, 2.45) is 14.1 Å². The Morgan fingerprint density at radius 2 is 1.81 bits per heavy atom. The van der Waals surface area contributed by atoms with E-state index < -0.39 is 0 Å². The van der Waals surface area contributed by atoms with Crippen LogP contribution in [0.2, 0.25) is 0 Å². The molecule has 1 amide bonds. The molecule has 0 unspecified atom stereocenters. The highest BCUT2D eigenvalue weighted by atomic mass is 16.1. The van der Waals surface area contributed by atoms with Crippen molar-refractivity contribution < 1.29 is 4.79 Å². The van der Waals surface area contributed by atoms with Crippen molar-refractivity contribution >= 4 is 33.8 Å². The van der Waals surface area contributed by atoms with Crippen molar-refractivity contribution in [3.8, 4) is 0 Å². The van der Waals surface area contributed by atoms with E-state index in [0.717, 1.165) is 23.9 Å². The number of nitrogens with zero attached hydrogens (tertiary/aromatic N) is 7. The van der Waals surface area contributed by atoms with Crippen LogP contribution in [-0.2, 0) is 14.1 Å². The summed E-state index contributed by atoms with van der Waals surface area (Å²) in [6.45, 7) is 0. The molecule has 0 radical (unpaired) electrons. The zero-order valence-electron chi connectivity index (χ0n) is 14.3. The lowest BCUT2D eigenvalue weighted by molar-refractivity contribution is 0.102. The molecule has 4 heterocycles. The predicted molar refractivity (Wildman–Crippen MR) is 94.7 cm³/mol. The molecule has 26 heavy (non-hydrogen) atoms. The number of fused-ring (bicyclic) bond motifs is 2. The Morgan fingerprint density at radius 3 is 2.58 bits per heavy atom. The first kappa shape index (κ1) is 14.9. The van der Waals surface area contributed by atoms with Crippen molar-refractivity contribution in [2.75, 3.05) is 5.32 Å². The van der Waals surface area contributed by atoms with Gasteiger partial charge in [0.25, 0.3) is 5.91 Å². The second-order valence-electron chi connectivity index (χ2n) is 6.56. The van der Waals surface area contributed by atoms with E-state index in [-0.39, 0.29) is 5.91 Å². The molecule has 1 N–H and O–H groups in total. The van der Waals surface area contributed by atoms with Gasteiger partial charge in [-0.25, -0.2) is 15.0 Å². The average Bonchev–Trinajstić information content (AvgIpc) is 3.34. The minimum atomic E-state index is -0.240. The smallest absolute Gasteiger partial charge is 0.257 e. The monoisotopic (exact) mass is 348 g/mol. The molecule has 0 aliphatic heterocycles. The van der Waals surface area contributed by atoms with Crippen molar-refractivity contribution in [1.82, 2.24) is 34.5 Å². The number of hydrogen-bond acceptors (Lipinski definition) is 6. The number of rotatable bonds is 3. The third-order valence-electron chi connectivity index (χ3n) is 4.73. The fourth-order valence-corrected chi connectivity index (χ4v) is 3.15. The number of aryl methyl sites for hydroxylation is 2. The second-order valence-corrected chi connectivity index (χ2v) is 6.56. The summed E-state index contributed by atoms with van der Waals surface area (Å²) in [5.41, 5.74) is 2.88.